The number of anilines is 1. The molecule has 25 heavy (non-hydrogen) atoms. The van der Waals surface area contributed by atoms with Gasteiger partial charge in [-0.25, -0.2) is 0 Å². The van der Waals surface area contributed by atoms with Gasteiger partial charge in [-0.1, -0.05) is 31.2 Å². The van der Waals surface area contributed by atoms with Crippen molar-refractivity contribution in [3.8, 4) is 11.5 Å². The molecular formula is C19H20N2O4. The minimum absolute atomic E-state index is 0.118. The predicted octanol–water partition coefficient (Wildman–Crippen LogP) is 2.60. The Bertz CT molecular complexity index is 776. The minimum Gasteiger partial charge on any atom is -0.485 e. The van der Waals surface area contributed by atoms with Gasteiger partial charge in [0, 0.05) is 6.54 Å². The van der Waals surface area contributed by atoms with Crippen LogP contribution >= 0.6 is 0 Å². The van der Waals surface area contributed by atoms with Gasteiger partial charge in [-0.3, -0.25) is 9.59 Å². The standard InChI is InChI=1S/C19H20N2O4/c1-2-11-20-18(22)13-7-3-4-8-14(13)21-19(23)17-12-24-15-9-5-6-10-16(15)25-17/h3-10,17H,2,11-12H2,1H3,(H,20,22)(H,21,23)/t17-/m1/s1. The molecule has 0 spiro atoms. The summed E-state index contributed by atoms with van der Waals surface area (Å²) < 4.78 is 11.3. The van der Waals surface area contributed by atoms with Gasteiger partial charge in [0.2, 0.25) is 6.10 Å². The third-order valence-corrected chi connectivity index (χ3v) is 3.77. The van der Waals surface area contributed by atoms with Gasteiger partial charge in [0.1, 0.15) is 6.61 Å². The van der Waals surface area contributed by atoms with Crippen LogP contribution in [0.4, 0.5) is 5.69 Å². The van der Waals surface area contributed by atoms with E-state index in [1.165, 1.54) is 0 Å². The lowest BCUT2D eigenvalue weighted by atomic mass is 10.1. The second-order valence-electron chi connectivity index (χ2n) is 5.65. The second-order valence-corrected chi connectivity index (χ2v) is 5.65. The van der Waals surface area contributed by atoms with Crippen LogP contribution in [0.2, 0.25) is 0 Å². The lowest BCUT2D eigenvalue weighted by molar-refractivity contribution is -0.125. The van der Waals surface area contributed by atoms with Crippen LogP contribution in [0.1, 0.15) is 23.7 Å². The van der Waals surface area contributed by atoms with Gasteiger partial charge in [-0.2, -0.15) is 0 Å². The van der Waals surface area contributed by atoms with E-state index in [4.69, 9.17) is 9.47 Å². The SMILES string of the molecule is CCCNC(=O)c1ccccc1NC(=O)[C@H]1COc2ccccc2O1. The van der Waals surface area contributed by atoms with E-state index in [0.29, 0.717) is 29.3 Å². The Balaban J connectivity index is 1.71. The molecule has 1 heterocycles. The van der Waals surface area contributed by atoms with E-state index in [1.807, 2.05) is 19.1 Å². The van der Waals surface area contributed by atoms with Crippen molar-refractivity contribution in [3.05, 3.63) is 54.1 Å². The molecule has 0 fully saturated rings. The molecule has 6 heteroatoms. The molecule has 1 atom stereocenters. The molecule has 1 aliphatic rings. The number of rotatable bonds is 5. The number of nitrogens with one attached hydrogen (secondary N) is 2. The Labute approximate surface area is 146 Å². The molecule has 2 N–H and O–H groups in total. The number of benzene rings is 2. The maximum absolute atomic E-state index is 12.5. The Morgan fingerprint density at radius 1 is 1.08 bits per heavy atom. The highest BCUT2D eigenvalue weighted by atomic mass is 16.6. The van der Waals surface area contributed by atoms with Gasteiger partial charge >= 0.3 is 0 Å². The molecule has 0 aliphatic carbocycles. The summed E-state index contributed by atoms with van der Waals surface area (Å²) in [5.41, 5.74) is 0.866. The van der Waals surface area contributed by atoms with Crippen LogP contribution in [-0.4, -0.2) is 31.1 Å². The van der Waals surface area contributed by atoms with Crippen molar-refractivity contribution in [2.75, 3.05) is 18.5 Å². The third kappa shape index (κ3) is 3.91. The number of carbonyl (C=O) groups excluding carboxylic acids is 2. The normalized spacial score (nSPS) is 15.3. The van der Waals surface area contributed by atoms with Crippen LogP contribution in [0.3, 0.4) is 0 Å². The average molecular weight is 340 g/mol. The average Bonchev–Trinajstić information content (AvgIpc) is 2.66. The highest BCUT2D eigenvalue weighted by Crippen LogP contribution is 2.31. The number of fused-ring (bicyclic) bond motifs is 1. The molecule has 130 valence electrons. The van der Waals surface area contributed by atoms with Gasteiger partial charge in [-0.05, 0) is 30.7 Å². The van der Waals surface area contributed by atoms with Crippen molar-refractivity contribution in [2.24, 2.45) is 0 Å². The quantitative estimate of drug-likeness (QED) is 0.877. The molecule has 6 nitrogen and oxygen atoms in total. The van der Waals surface area contributed by atoms with Crippen LogP contribution in [0, 0.1) is 0 Å². The van der Waals surface area contributed by atoms with Crippen molar-refractivity contribution < 1.29 is 19.1 Å². The van der Waals surface area contributed by atoms with Gasteiger partial charge in [0.05, 0.1) is 11.3 Å². The molecule has 2 aromatic carbocycles. The topological polar surface area (TPSA) is 76.7 Å². The number of carbonyl (C=O) groups is 2. The summed E-state index contributed by atoms with van der Waals surface area (Å²) in [5.74, 6) is 0.572. The fraction of sp³-hybridized carbons (Fsp3) is 0.263. The molecule has 0 aromatic heterocycles. The van der Waals surface area contributed by atoms with Gasteiger partial charge in [-0.15, -0.1) is 0 Å². The van der Waals surface area contributed by atoms with E-state index >= 15 is 0 Å². The van der Waals surface area contributed by atoms with Crippen molar-refractivity contribution >= 4 is 17.5 Å². The molecule has 0 bridgehead atoms. The maximum atomic E-state index is 12.5. The highest BCUT2D eigenvalue weighted by molar-refractivity contribution is 6.04. The first-order chi connectivity index (χ1) is 12.2. The van der Waals surface area contributed by atoms with Gasteiger partial charge < -0.3 is 20.1 Å². The number of ether oxygens (including phenoxy) is 2. The summed E-state index contributed by atoms with van der Waals surface area (Å²) in [7, 11) is 0. The fourth-order valence-corrected chi connectivity index (χ4v) is 2.49. The molecule has 1 aliphatic heterocycles. The van der Waals surface area contributed by atoms with E-state index in [9.17, 15) is 9.59 Å². The van der Waals surface area contributed by atoms with Crippen LogP contribution in [0.15, 0.2) is 48.5 Å². The van der Waals surface area contributed by atoms with Crippen molar-refractivity contribution in [3.63, 3.8) is 0 Å². The summed E-state index contributed by atoms with van der Waals surface area (Å²) in [6.45, 7) is 2.68. The highest BCUT2D eigenvalue weighted by Gasteiger charge is 2.28. The zero-order chi connectivity index (χ0) is 17.6. The third-order valence-electron chi connectivity index (χ3n) is 3.77. The largest absolute Gasteiger partial charge is 0.485 e. The van der Waals surface area contributed by atoms with E-state index in [-0.39, 0.29) is 18.4 Å². The minimum atomic E-state index is -0.776. The number of para-hydroxylation sites is 3. The summed E-state index contributed by atoms with van der Waals surface area (Å²) in [5, 5.41) is 5.57. The van der Waals surface area contributed by atoms with E-state index in [1.54, 1.807) is 36.4 Å². The monoisotopic (exact) mass is 340 g/mol. The van der Waals surface area contributed by atoms with Crippen molar-refractivity contribution in [1.82, 2.24) is 5.32 Å². The number of hydrogen-bond donors (Lipinski definition) is 2. The lowest BCUT2D eigenvalue weighted by Crippen LogP contribution is -2.40. The summed E-state index contributed by atoms with van der Waals surface area (Å²) >= 11 is 0. The maximum Gasteiger partial charge on any atom is 0.269 e. The number of hydrogen-bond acceptors (Lipinski definition) is 4. The molecule has 0 saturated carbocycles. The first-order valence-corrected chi connectivity index (χ1v) is 8.25. The molecule has 0 saturated heterocycles. The molecule has 3 rings (SSSR count). The van der Waals surface area contributed by atoms with Crippen molar-refractivity contribution in [1.29, 1.82) is 0 Å². The van der Waals surface area contributed by atoms with E-state index in [2.05, 4.69) is 10.6 Å². The summed E-state index contributed by atoms with van der Waals surface area (Å²) in [6.07, 6.45) is 0.0640. The van der Waals surface area contributed by atoms with Crippen LogP contribution < -0.4 is 20.1 Å². The second kappa shape index (κ2) is 7.70. The zero-order valence-corrected chi connectivity index (χ0v) is 14.0. The predicted molar refractivity (Wildman–Crippen MR) is 94.0 cm³/mol. The van der Waals surface area contributed by atoms with Gasteiger partial charge in [0.25, 0.3) is 11.8 Å². The summed E-state index contributed by atoms with van der Waals surface area (Å²) in [6, 6.07) is 14.1. The zero-order valence-electron chi connectivity index (χ0n) is 14.0. The smallest absolute Gasteiger partial charge is 0.269 e. The summed E-state index contributed by atoms with van der Waals surface area (Å²) in [4.78, 5) is 24.7. The Morgan fingerprint density at radius 3 is 2.60 bits per heavy atom. The van der Waals surface area contributed by atoms with Crippen molar-refractivity contribution in [2.45, 2.75) is 19.4 Å². The lowest BCUT2D eigenvalue weighted by Gasteiger charge is -2.25. The molecule has 2 aromatic rings. The van der Waals surface area contributed by atoms with Crippen LogP contribution in [0.5, 0.6) is 11.5 Å². The van der Waals surface area contributed by atoms with Gasteiger partial charge in [0.15, 0.2) is 11.5 Å². The van der Waals surface area contributed by atoms with Crippen LogP contribution in [0.25, 0.3) is 0 Å². The molecule has 0 unspecified atom stereocenters. The number of amides is 2. The first kappa shape index (κ1) is 16.8. The molecule has 0 radical (unpaired) electrons. The van der Waals surface area contributed by atoms with E-state index < -0.39 is 6.10 Å². The molecule has 2 amide bonds. The van der Waals surface area contributed by atoms with Crippen LogP contribution in [-0.2, 0) is 4.79 Å². The Morgan fingerprint density at radius 2 is 1.80 bits per heavy atom. The molecular weight excluding hydrogens is 320 g/mol. The fourth-order valence-electron chi connectivity index (χ4n) is 2.49. The van der Waals surface area contributed by atoms with E-state index in [0.717, 1.165) is 6.42 Å². The Kier molecular flexibility index (Phi) is 5.18. The Hall–Kier alpha value is -3.02. The first-order valence-electron chi connectivity index (χ1n) is 8.25.